The average molecular weight is 317 g/mol. The van der Waals surface area contributed by atoms with E-state index in [0.29, 0.717) is 5.02 Å². The number of aromatic nitrogens is 1. The number of rotatable bonds is 4. The molecule has 2 rings (SSSR count). The second-order valence-corrected chi connectivity index (χ2v) is 4.98. The molecule has 0 unspecified atom stereocenters. The summed E-state index contributed by atoms with van der Waals surface area (Å²) < 4.78 is 10.2. The van der Waals surface area contributed by atoms with Gasteiger partial charge in [0.05, 0.1) is 12.7 Å². The van der Waals surface area contributed by atoms with E-state index in [9.17, 15) is 4.79 Å². The summed E-state index contributed by atoms with van der Waals surface area (Å²) in [5.74, 6) is -0.361. The number of esters is 1. The van der Waals surface area contributed by atoms with Crippen LogP contribution < -0.4 is 4.74 Å². The van der Waals surface area contributed by atoms with E-state index < -0.39 is 5.97 Å². The molecular weight excluding hydrogens is 304 g/mol. The molecule has 0 aliphatic rings. The van der Waals surface area contributed by atoms with E-state index in [0.717, 1.165) is 11.1 Å². The van der Waals surface area contributed by atoms with Crippen LogP contribution in [-0.2, 0) is 11.3 Å². The molecule has 112 valence electrons. The normalized spacial score (nSPS) is 9.91. The number of ether oxygens (including phenoxy) is 2. The van der Waals surface area contributed by atoms with Gasteiger partial charge in [0.25, 0.3) is 0 Å². The van der Waals surface area contributed by atoms with Crippen LogP contribution in [0.15, 0.2) is 30.3 Å². The van der Waals surface area contributed by atoms with Gasteiger partial charge in [-0.2, -0.15) is 5.26 Å². The minimum absolute atomic E-state index is 0.0886. The lowest BCUT2D eigenvalue weighted by Gasteiger charge is -2.09. The van der Waals surface area contributed by atoms with Crippen molar-refractivity contribution in [1.82, 2.24) is 4.98 Å². The second-order valence-electron chi connectivity index (χ2n) is 4.54. The molecule has 0 fully saturated rings. The van der Waals surface area contributed by atoms with Gasteiger partial charge in [-0.3, -0.25) is 0 Å². The first-order valence-electron chi connectivity index (χ1n) is 6.42. The van der Waals surface area contributed by atoms with Crippen LogP contribution in [-0.4, -0.2) is 18.1 Å². The van der Waals surface area contributed by atoms with Gasteiger partial charge < -0.3 is 9.47 Å². The molecule has 0 saturated carbocycles. The fourth-order valence-corrected chi connectivity index (χ4v) is 2.07. The molecule has 1 aromatic heterocycles. The molecule has 0 aliphatic heterocycles. The van der Waals surface area contributed by atoms with Crippen LogP contribution in [0.2, 0.25) is 5.02 Å². The highest BCUT2D eigenvalue weighted by molar-refractivity contribution is 6.30. The topological polar surface area (TPSA) is 72.2 Å². The van der Waals surface area contributed by atoms with Crippen LogP contribution in [0, 0.1) is 18.3 Å². The maximum Gasteiger partial charge on any atom is 0.338 e. The Morgan fingerprint density at radius 2 is 2.14 bits per heavy atom. The number of nitriles is 1. The SMILES string of the molecule is COC(=O)c1cc(C#N)nc(OCc2ccc(Cl)cc2C)c1. The van der Waals surface area contributed by atoms with Crippen LogP contribution in [0.1, 0.15) is 27.2 Å². The number of carbonyl (C=O) groups excluding carboxylic acids is 1. The Hall–Kier alpha value is -2.58. The second kappa shape index (κ2) is 6.92. The summed E-state index contributed by atoms with van der Waals surface area (Å²) in [7, 11) is 1.27. The van der Waals surface area contributed by atoms with Crippen molar-refractivity contribution in [1.29, 1.82) is 5.26 Å². The first-order valence-corrected chi connectivity index (χ1v) is 6.79. The predicted octanol–water partition coefficient (Wildman–Crippen LogP) is 3.28. The smallest absolute Gasteiger partial charge is 0.338 e. The summed E-state index contributed by atoms with van der Waals surface area (Å²) in [5.41, 5.74) is 2.23. The van der Waals surface area contributed by atoms with E-state index in [1.54, 1.807) is 6.07 Å². The van der Waals surface area contributed by atoms with Crippen LogP contribution >= 0.6 is 11.6 Å². The summed E-state index contributed by atoms with van der Waals surface area (Å²) in [5, 5.41) is 9.62. The Kier molecular flexibility index (Phi) is 4.97. The fraction of sp³-hybridized carbons (Fsp3) is 0.188. The van der Waals surface area contributed by atoms with E-state index in [2.05, 4.69) is 9.72 Å². The number of hydrogen-bond acceptors (Lipinski definition) is 5. The quantitative estimate of drug-likeness (QED) is 0.809. The van der Waals surface area contributed by atoms with Crippen molar-refractivity contribution < 1.29 is 14.3 Å². The number of hydrogen-bond donors (Lipinski definition) is 0. The van der Waals surface area contributed by atoms with Crippen molar-refractivity contribution >= 4 is 17.6 Å². The van der Waals surface area contributed by atoms with Gasteiger partial charge in [-0.1, -0.05) is 17.7 Å². The Morgan fingerprint density at radius 1 is 1.36 bits per heavy atom. The molecule has 0 aliphatic carbocycles. The van der Waals surface area contributed by atoms with E-state index >= 15 is 0 Å². The summed E-state index contributed by atoms with van der Waals surface area (Å²) in [4.78, 5) is 15.6. The van der Waals surface area contributed by atoms with Crippen molar-refractivity contribution in [3.05, 3.63) is 57.7 Å². The summed E-state index contributed by atoms with van der Waals surface area (Å²) in [6, 6.07) is 10.1. The minimum Gasteiger partial charge on any atom is -0.473 e. The average Bonchev–Trinajstić information content (AvgIpc) is 2.52. The standard InChI is InChI=1S/C16H13ClN2O3/c1-10-5-13(17)4-3-11(10)9-22-15-7-12(16(20)21-2)6-14(8-18)19-15/h3-7H,9H2,1-2H3. The van der Waals surface area contributed by atoms with Gasteiger partial charge in [0, 0.05) is 11.1 Å². The first kappa shape index (κ1) is 15.8. The lowest BCUT2D eigenvalue weighted by atomic mass is 10.1. The molecule has 0 atom stereocenters. The van der Waals surface area contributed by atoms with E-state index in [-0.39, 0.29) is 23.7 Å². The van der Waals surface area contributed by atoms with Gasteiger partial charge in [-0.25, -0.2) is 9.78 Å². The zero-order chi connectivity index (χ0) is 16.1. The molecule has 0 saturated heterocycles. The van der Waals surface area contributed by atoms with Crippen LogP contribution in [0.25, 0.3) is 0 Å². The number of methoxy groups -OCH3 is 1. The number of benzene rings is 1. The van der Waals surface area contributed by atoms with Gasteiger partial charge in [0.2, 0.25) is 5.88 Å². The number of aryl methyl sites for hydroxylation is 1. The number of nitrogens with zero attached hydrogens (tertiary/aromatic N) is 2. The van der Waals surface area contributed by atoms with Gasteiger partial charge in [0.1, 0.15) is 18.4 Å². The van der Waals surface area contributed by atoms with Gasteiger partial charge in [-0.15, -0.1) is 0 Å². The maximum absolute atomic E-state index is 11.6. The molecule has 0 amide bonds. The maximum atomic E-state index is 11.6. The Balaban J connectivity index is 2.22. The van der Waals surface area contributed by atoms with Gasteiger partial charge in [-0.05, 0) is 36.2 Å². The largest absolute Gasteiger partial charge is 0.473 e. The van der Waals surface area contributed by atoms with Crippen molar-refractivity contribution in [2.45, 2.75) is 13.5 Å². The Morgan fingerprint density at radius 3 is 2.77 bits per heavy atom. The van der Waals surface area contributed by atoms with Crippen molar-refractivity contribution in [2.75, 3.05) is 7.11 Å². The molecular formula is C16H13ClN2O3. The van der Waals surface area contributed by atoms with Crippen LogP contribution in [0.5, 0.6) is 5.88 Å². The van der Waals surface area contributed by atoms with Crippen molar-refractivity contribution in [3.63, 3.8) is 0 Å². The number of halogens is 1. The zero-order valence-corrected chi connectivity index (χ0v) is 12.8. The predicted molar refractivity (Wildman–Crippen MR) is 80.8 cm³/mol. The highest BCUT2D eigenvalue weighted by Gasteiger charge is 2.11. The molecule has 5 nitrogen and oxygen atoms in total. The first-order chi connectivity index (χ1) is 10.5. The fourth-order valence-electron chi connectivity index (χ4n) is 1.85. The minimum atomic E-state index is -0.550. The van der Waals surface area contributed by atoms with E-state index in [4.69, 9.17) is 21.6 Å². The number of pyridine rings is 1. The van der Waals surface area contributed by atoms with Crippen molar-refractivity contribution in [3.8, 4) is 11.9 Å². The lowest BCUT2D eigenvalue weighted by molar-refractivity contribution is 0.0600. The third-order valence-corrected chi connectivity index (χ3v) is 3.25. The molecule has 0 bridgehead atoms. The Bertz CT molecular complexity index is 754. The molecule has 0 spiro atoms. The third-order valence-electron chi connectivity index (χ3n) is 3.02. The molecule has 6 heteroatoms. The monoisotopic (exact) mass is 316 g/mol. The van der Waals surface area contributed by atoms with Gasteiger partial charge in [0.15, 0.2) is 0 Å². The Labute approximate surface area is 133 Å². The van der Waals surface area contributed by atoms with E-state index in [1.807, 2.05) is 25.1 Å². The highest BCUT2D eigenvalue weighted by Crippen LogP contribution is 2.19. The summed E-state index contributed by atoms with van der Waals surface area (Å²) >= 11 is 5.90. The number of carbonyl (C=O) groups is 1. The lowest BCUT2D eigenvalue weighted by Crippen LogP contribution is -2.05. The molecule has 1 aromatic carbocycles. The van der Waals surface area contributed by atoms with Crippen LogP contribution in [0.4, 0.5) is 0 Å². The molecule has 22 heavy (non-hydrogen) atoms. The zero-order valence-electron chi connectivity index (χ0n) is 12.1. The van der Waals surface area contributed by atoms with Crippen LogP contribution in [0.3, 0.4) is 0 Å². The molecule has 0 N–H and O–H groups in total. The summed E-state index contributed by atoms with van der Waals surface area (Å²) in [6.07, 6.45) is 0. The highest BCUT2D eigenvalue weighted by atomic mass is 35.5. The van der Waals surface area contributed by atoms with Crippen molar-refractivity contribution in [2.24, 2.45) is 0 Å². The summed E-state index contributed by atoms with van der Waals surface area (Å²) in [6.45, 7) is 2.18. The third kappa shape index (κ3) is 3.74. The van der Waals surface area contributed by atoms with Gasteiger partial charge >= 0.3 is 5.97 Å². The molecule has 0 radical (unpaired) electrons. The van der Waals surface area contributed by atoms with E-state index in [1.165, 1.54) is 19.2 Å². The molecule has 2 aromatic rings. The molecule has 1 heterocycles.